The molecule has 1 fully saturated rings. The lowest BCUT2D eigenvalue weighted by molar-refractivity contribution is 0.0595. The largest absolute Gasteiger partial charge is 0.378 e. The number of rotatable bonds is 8. The van der Waals surface area contributed by atoms with E-state index >= 15 is 0 Å². The van der Waals surface area contributed by atoms with E-state index in [4.69, 9.17) is 4.74 Å². The van der Waals surface area contributed by atoms with Crippen molar-refractivity contribution in [3.05, 3.63) is 35.9 Å². The summed E-state index contributed by atoms with van der Waals surface area (Å²) in [6, 6.07) is 10.8. The van der Waals surface area contributed by atoms with E-state index in [0.717, 1.165) is 26.1 Å². The minimum absolute atomic E-state index is 0.476. The molecule has 0 saturated carbocycles. The van der Waals surface area contributed by atoms with Gasteiger partial charge in [-0.25, -0.2) is 0 Å². The first kappa shape index (κ1) is 14.5. The topological polar surface area (TPSA) is 21.3 Å². The molecular formula is C17H27NO. The van der Waals surface area contributed by atoms with Gasteiger partial charge in [0.1, 0.15) is 0 Å². The van der Waals surface area contributed by atoms with Crippen LogP contribution in [0.4, 0.5) is 0 Å². The average Bonchev–Trinajstić information content (AvgIpc) is 2.97. The summed E-state index contributed by atoms with van der Waals surface area (Å²) in [6.45, 7) is 5.42. The first-order chi connectivity index (χ1) is 9.40. The minimum atomic E-state index is 0.476. The summed E-state index contributed by atoms with van der Waals surface area (Å²) in [7, 11) is 0. The highest BCUT2D eigenvalue weighted by atomic mass is 16.5. The maximum Gasteiger partial charge on any atom is 0.0607 e. The van der Waals surface area contributed by atoms with Gasteiger partial charge in [0, 0.05) is 6.61 Å². The van der Waals surface area contributed by atoms with Crippen LogP contribution in [0.5, 0.6) is 0 Å². The standard InChI is InChI=1S/C17H27NO/c1-2-11-18-12-10-16(17-9-6-13-19-17)14-15-7-4-3-5-8-15/h3-5,7-8,16-18H,2,6,9-14H2,1H3/t16-,17+/m1/s1. The van der Waals surface area contributed by atoms with Gasteiger partial charge in [0.2, 0.25) is 0 Å². The number of nitrogens with one attached hydrogen (secondary N) is 1. The predicted molar refractivity (Wildman–Crippen MR) is 80.4 cm³/mol. The van der Waals surface area contributed by atoms with Crippen LogP contribution in [-0.4, -0.2) is 25.8 Å². The van der Waals surface area contributed by atoms with Gasteiger partial charge in [0.25, 0.3) is 0 Å². The van der Waals surface area contributed by atoms with E-state index < -0.39 is 0 Å². The summed E-state index contributed by atoms with van der Waals surface area (Å²) >= 11 is 0. The lowest BCUT2D eigenvalue weighted by Crippen LogP contribution is -2.27. The molecule has 1 heterocycles. The number of benzene rings is 1. The lowest BCUT2D eigenvalue weighted by Gasteiger charge is -2.23. The van der Waals surface area contributed by atoms with E-state index in [0.29, 0.717) is 12.0 Å². The van der Waals surface area contributed by atoms with Crippen molar-refractivity contribution in [3.63, 3.8) is 0 Å². The highest BCUT2D eigenvalue weighted by Gasteiger charge is 2.25. The third kappa shape index (κ3) is 4.96. The molecule has 0 radical (unpaired) electrons. The van der Waals surface area contributed by atoms with Crippen LogP contribution in [0.25, 0.3) is 0 Å². The zero-order chi connectivity index (χ0) is 13.3. The molecule has 2 atom stereocenters. The van der Waals surface area contributed by atoms with Crippen LogP contribution in [0.2, 0.25) is 0 Å². The highest BCUT2D eigenvalue weighted by Crippen LogP contribution is 2.26. The molecule has 1 aromatic carbocycles. The molecule has 0 amide bonds. The van der Waals surface area contributed by atoms with Crippen LogP contribution in [0.3, 0.4) is 0 Å². The van der Waals surface area contributed by atoms with E-state index in [1.165, 1.54) is 31.2 Å². The number of hydrogen-bond donors (Lipinski definition) is 1. The average molecular weight is 261 g/mol. The zero-order valence-corrected chi connectivity index (χ0v) is 12.1. The monoisotopic (exact) mass is 261 g/mol. The highest BCUT2D eigenvalue weighted by molar-refractivity contribution is 5.15. The van der Waals surface area contributed by atoms with Gasteiger partial charge in [-0.2, -0.15) is 0 Å². The van der Waals surface area contributed by atoms with Crippen molar-refractivity contribution in [3.8, 4) is 0 Å². The second-order valence-corrected chi connectivity index (χ2v) is 5.54. The molecule has 1 N–H and O–H groups in total. The van der Waals surface area contributed by atoms with Crippen LogP contribution >= 0.6 is 0 Å². The maximum atomic E-state index is 5.92. The Bertz CT molecular complexity index is 332. The first-order valence-corrected chi connectivity index (χ1v) is 7.76. The first-order valence-electron chi connectivity index (χ1n) is 7.76. The molecule has 0 aromatic heterocycles. The van der Waals surface area contributed by atoms with E-state index in [2.05, 4.69) is 42.6 Å². The van der Waals surface area contributed by atoms with Gasteiger partial charge < -0.3 is 10.1 Å². The van der Waals surface area contributed by atoms with Gasteiger partial charge in [-0.05, 0) is 56.7 Å². The molecule has 2 rings (SSSR count). The second-order valence-electron chi connectivity index (χ2n) is 5.54. The third-order valence-electron chi connectivity index (χ3n) is 3.95. The summed E-state index contributed by atoms with van der Waals surface area (Å²) in [5.74, 6) is 0.661. The normalized spacial score (nSPS) is 20.6. The Morgan fingerprint density at radius 2 is 2.11 bits per heavy atom. The van der Waals surface area contributed by atoms with E-state index in [1.807, 2.05) is 0 Å². The number of ether oxygens (including phenoxy) is 1. The van der Waals surface area contributed by atoms with Gasteiger partial charge in [-0.3, -0.25) is 0 Å². The fourth-order valence-corrected chi connectivity index (χ4v) is 2.90. The summed E-state index contributed by atoms with van der Waals surface area (Å²) in [5, 5.41) is 3.52. The zero-order valence-electron chi connectivity index (χ0n) is 12.1. The molecule has 1 aliphatic rings. The maximum absolute atomic E-state index is 5.92. The Morgan fingerprint density at radius 1 is 1.26 bits per heavy atom. The SMILES string of the molecule is CCCNCC[C@H](Cc1ccccc1)[C@@H]1CCCO1. The summed E-state index contributed by atoms with van der Waals surface area (Å²) in [4.78, 5) is 0. The third-order valence-corrected chi connectivity index (χ3v) is 3.95. The van der Waals surface area contributed by atoms with Crippen LogP contribution in [0, 0.1) is 5.92 Å². The van der Waals surface area contributed by atoms with Crippen LogP contribution in [-0.2, 0) is 11.2 Å². The fraction of sp³-hybridized carbons (Fsp3) is 0.647. The molecule has 0 bridgehead atoms. The fourth-order valence-electron chi connectivity index (χ4n) is 2.90. The molecule has 106 valence electrons. The Labute approximate surface area is 117 Å². The van der Waals surface area contributed by atoms with E-state index in [1.54, 1.807) is 0 Å². The molecule has 19 heavy (non-hydrogen) atoms. The Morgan fingerprint density at radius 3 is 2.79 bits per heavy atom. The lowest BCUT2D eigenvalue weighted by atomic mass is 9.89. The van der Waals surface area contributed by atoms with Gasteiger partial charge >= 0.3 is 0 Å². The van der Waals surface area contributed by atoms with Crippen molar-refractivity contribution in [1.82, 2.24) is 5.32 Å². The van der Waals surface area contributed by atoms with Crippen molar-refractivity contribution in [2.45, 2.75) is 45.1 Å². The molecule has 0 spiro atoms. The van der Waals surface area contributed by atoms with Crippen LogP contribution in [0.15, 0.2) is 30.3 Å². The number of hydrogen-bond acceptors (Lipinski definition) is 2. The quantitative estimate of drug-likeness (QED) is 0.724. The van der Waals surface area contributed by atoms with Gasteiger partial charge in [0.15, 0.2) is 0 Å². The molecule has 0 aliphatic carbocycles. The molecule has 1 aliphatic heterocycles. The molecule has 2 nitrogen and oxygen atoms in total. The van der Waals surface area contributed by atoms with Crippen molar-refractivity contribution < 1.29 is 4.74 Å². The second kappa shape index (κ2) is 8.34. The summed E-state index contributed by atoms with van der Waals surface area (Å²) in [5.41, 5.74) is 1.44. The Kier molecular flexibility index (Phi) is 6.38. The molecule has 0 unspecified atom stereocenters. The molecule has 2 heteroatoms. The van der Waals surface area contributed by atoms with Crippen molar-refractivity contribution in [2.75, 3.05) is 19.7 Å². The predicted octanol–water partition coefficient (Wildman–Crippen LogP) is 3.41. The minimum Gasteiger partial charge on any atom is -0.378 e. The van der Waals surface area contributed by atoms with E-state index in [-0.39, 0.29) is 0 Å². The van der Waals surface area contributed by atoms with Gasteiger partial charge in [0.05, 0.1) is 6.10 Å². The van der Waals surface area contributed by atoms with Crippen molar-refractivity contribution >= 4 is 0 Å². The van der Waals surface area contributed by atoms with Crippen LogP contribution < -0.4 is 5.32 Å². The van der Waals surface area contributed by atoms with Crippen molar-refractivity contribution in [2.24, 2.45) is 5.92 Å². The Balaban J connectivity index is 1.86. The summed E-state index contributed by atoms with van der Waals surface area (Å²) in [6.07, 6.45) is 6.54. The Hall–Kier alpha value is -0.860. The molecule has 1 aromatic rings. The van der Waals surface area contributed by atoms with E-state index in [9.17, 15) is 0 Å². The molecule has 1 saturated heterocycles. The van der Waals surface area contributed by atoms with Gasteiger partial charge in [-0.15, -0.1) is 0 Å². The molecular weight excluding hydrogens is 234 g/mol. The van der Waals surface area contributed by atoms with Crippen LogP contribution in [0.1, 0.15) is 38.2 Å². The van der Waals surface area contributed by atoms with Crippen molar-refractivity contribution in [1.29, 1.82) is 0 Å². The smallest absolute Gasteiger partial charge is 0.0607 e. The van der Waals surface area contributed by atoms with Gasteiger partial charge in [-0.1, -0.05) is 37.3 Å². The summed E-state index contributed by atoms with van der Waals surface area (Å²) < 4.78 is 5.92.